The fourth-order valence-corrected chi connectivity index (χ4v) is 2.33. The fraction of sp³-hybridized carbons (Fsp3) is 0.692. The van der Waals surface area contributed by atoms with Crippen LogP contribution in [0.15, 0.2) is 12.4 Å². The van der Waals surface area contributed by atoms with Crippen molar-refractivity contribution in [3.63, 3.8) is 0 Å². The Hall–Kier alpha value is -1.20. The molecule has 0 radical (unpaired) electrons. The van der Waals surface area contributed by atoms with Crippen LogP contribution in [0.25, 0.3) is 0 Å². The van der Waals surface area contributed by atoms with E-state index in [1.165, 1.54) is 0 Å². The molecule has 1 saturated heterocycles. The molecule has 0 unspecified atom stereocenters. The monoisotopic (exact) mass is 250 g/mol. The Kier molecular flexibility index (Phi) is 4.49. The molecule has 0 aromatic carbocycles. The van der Waals surface area contributed by atoms with Crippen LogP contribution < -0.4 is 5.73 Å². The molecule has 2 N–H and O–H groups in total. The average molecular weight is 250 g/mol. The Morgan fingerprint density at radius 3 is 2.83 bits per heavy atom. The average Bonchev–Trinajstić information content (AvgIpc) is 2.75. The van der Waals surface area contributed by atoms with Crippen molar-refractivity contribution in [2.24, 2.45) is 12.8 Å². The van der Waals surface area contributed by atoms with Gasteiger partial charge >= 0.3 is 0 Å². The molecule has 1 aliphatic heterocycles. The van der Waals surface area contributed by atoms with Crippen LogP contribution in [0, 0.1) is 0 Å². The topological polar surface area (TPSA) is 64.2 Å². The van der Waals surface area contributed by atoms with Gasteiger partial charge < -0.3 is 10.3 Å². The van der Waals surface area contributed by atoms with Crippen LogP contribution in [0.3, 0.4) is 0 Å². The summed E-state index contributed by atoms with van der Waals surface area (Å²) in [5.74, 6) is 1.28. The second-order valence-electron chi connectivity index (χ2n) is 5.11. The number of ketones is 1. The van der Waals surface area contributed by atoms with E-state index in [2.05, 4.69) is 9.88 Å². The lowest BCUT2D eigenvalue weighted by molar-refractivity contribution is -0.120. The SMILES string of the molecule is Cn1ccnc1CCC(=O)CN1CCC(N)CC1. The number of nitrogens with zero attached hydrogens (tertiary/aromatic N) is 3. The Morgan fingerprint density at radius 2 is 2.22 bits per heavy atom. The number of rotatable bonds is 5. The molecule has 0 spiro atoms. The number of piperidine rings is 1. The zero-order valence-electron chi connectivity index (χ0n) is 11.0. The zero-order valence-corrected chi connectivity index (χ0v) is 11.0. The third-order valence-corrected chi connectivity index (χ3v) is 3.58. The van der Waals surface area contributed by atoms with E-state index in [1.807, 2.05) is 17.8 Å². The van der Waals surface area contributed by atoms with Gasteiger partial charge in [0.15, 0.2) is 0 Å². The molecule has 1 aromatic heterocycles. The zero-order chi connectivity index (χ0) is 13.0. The van der Waals surface area contributed by atoms with Crippen molar-refractivity contribution in [3.05, 3.63) is 18.2 Å². The summed E-state index contributed by atoms with van der Waals surface area (Å²) in [7, 11) is 1.96. The van der Waals surface area contributed by atoms with Gasteiger partial charge in [-0.15, -0.1) is 0 Å². The van der Waals surface area contributed by atoms with Gasteiger partial charge in [0, 0.05) is 51.4 Å². The molecule has 5 nitrogen and oxygen atoms in total. The van der Waals surface area contributed by atoms with Gasteiger partial charge in [-0.05, 0) is 12.8 Å². The van der Waals surface area contributed by atoms with Crippen LogP contribution in [0.1, 0.15) is 25.1 Å². The minimum Gasteiger partial charge on any atom is -0.338 e. The lowest BCUT2D eigenvalue weighted by atomic mass is 10.1. The molecule has 1 aromatic rings. The maximum Gasteiger partial charge on any atom is 0.147 e. The summed E-state index contributed by atoms with van der Waals surface area (Å²) >= 11 is 0. The van der Waals surface area contributed by atoms with E-state index in [0.29, 0.717) is 24.8 Å². The molecular formula is C13H22N4O. The Labute approximate surface area is 108 Å². The highest BCUT2D eigenvalue weighted by Crippen LogP contribution is 2.08. The first kappa shape index (κ1) is 13.2. The van der Waals surface area contributed by atoms with Crippen molar-refractivity contribution >= 4 is 5.78 Å². The molecule has 0 amide bonds. The number of aryl methyl sites for hydroxylation is 2. The molecular weight excluding hydrogens is 228 g/mol. The first-order valence-corrected chi connectivity index (χ1v) is 6.61. The third-order valence-electron chi connectivity index (χ3n) is 3.58. The van der Waals surface area contributed by atoms with Crippen molar-refractivity contribution in [1.29, 1.82) is 0 Å². The second kappa shape index (κ2) is 6.11. The summed E-state index contributed by atoms with van der Waals surface area (Å²) < 4.78 is 1.97. The van der Waals surface area contributed by atoms with Gasteiger partial charge in [-0.25, -0.2) is 4.98 Å². The number of likely N-dealkylation sites (tertiary alicyclic amines) is 1. The molecule has 0 atom stereocenters. The van der Waals surface area contributed by atoms with Crippen molar-refractivity contribution < 1.29 is 4.79 Å². The molecule has 0 aliphatic carbocycles. The van der Waals surface area contributed by atoms with Gasteiger partial charge in [-0.2, -0.15) is 0 Å². The minimum absolute atomic E-state index is 0.300. The number of Topliss-reactive ketones (excluding diaryl/α,β-unsaturated/α-hetero) is 1. The molecule has 18 heavy (non-hydrogen) atoms. The van der Waals surface area contributed by atoms with Crippen LogP contribution in [0.5, 0.6) is 0 Å². The van der Waals surface area contributed by atoms with E-state index >= 15 is 0 Å². The predicted molar refractivity (Wildman–Crippen MR) is 70.2 cm³/mol. The molecule has 1 aliphatic rings. The van der Waals surface area contributed by atoms with Crippen molar-refractivity contribution in [2.75, 3.05) is 19.6 Å². The third kappa shape index (κ3) is 3.65. The summed E-state index contributed by atoms with van der Waals surface area (Å²) in [6.07, 6.45) is 7.00. The highest BCUT2D eigenvalue weighted by atomic mass is 16.1. The summed E-state index contributed by atoms with van der Waals surface area (Å²) in [6.45, 7) is 2.47. The molecule has 2 rings (SSSR count). The fourth-order valence-electron chi connectivity index (χ4n) is 2.33. The highest BCUT2D eigenvalue weighted by molar-refractivity contribution is 5.80. The Morgan fingerprint density at radius 1 is 1.50 bits per heavy atom. The van der Waals surface area contributed by atoms with Gasteiger partial charge in [0.25, 0.3) is 0 Å². The number of hydrogen-bond acceptors (Lipinski definition) is 4. The normalized spacial score (nSPS) is 18.1. The maximum absolute atomic E-state index is 11.9. The van der Waals surface area contributed by atoms with E-state index in [4.69, 9.17) is 5.73 Å². The summed E-state index contributed by atoms with van der Waals surface area (Å²) in [6, 6.07) is 0.323. The standard InChI is InChI=1S/C13H22N4O/c1-16-9-6-15-13(16)3-2-12(18)10-17-7-4-11(14)5-8-17/h6,9,11H,2-5,7-8,10,14H2,1H3. The Bertz CT molecular complexity index is 393. The second-order valence-corrected chi connectivity index (χ2v) is 5.11. The quantitative estimate of drug-likeness (QED) is 0.819. The molecule has 1 fully saturated rings. The van der Waals surface area contributed by atoms with E-state index < -0.39 is 0 Å². The maximum atomic E-state index is 11.9. The largest absolute Gasteiger partial charge is 0.338 e. The number of aromatic nitrogens is 2. The van der Waals surface area contributed by atoms with Gasteiger partial charge in [-0.1, -0.05) is 0 Å². The van der Waals surface area contributed by atoms with Crippen LogP contribution in [0.2, 0.25) is 0 Å². The number of carbonyl (C=O) groups excluding carboxylic acids is 1. The van der Waals surface area contributed by atoms with E-state index in [9.17, 15) is 4.79 Å². The lowest BCUT2D eigenvalue weighted by Gasteiger charge is -2.29. The first-order valence-electron chi connectivity index (χ1n) is 6.61. The Balaban J connectivity index is 1.71. The van der Waals surface area contributed by atoms with Gasteiger partial charge in [0.1, 0.15) is 11.6 Å². The molecule has 5 heteroatoms. The van der Waals surface area contributed by atoms with Gasteiger partial charge in [0.2, 0.25) is 0 Å². The van der Waals surface area contributed by atoms with Crippen LogP contribution >= 0.6 is 0 Å². The minimum atomic E-state index is 0.300. The van der Waals surface area contributed by atoms with E-state index in [-0.39, 0.29) is 0 Å². The van der Waals surface area contributed by atoms with Gasteiger partial charge in [0.05, 0.1) is 6.54 Å². The molecule has 0 bridgehead atoms. The smallest absolute Gasteiger partial charge is 0.147 e. The summed E-state index contributed by atoms with van der Waals surface area (Å²) in [5, 5.41) is 0. The first-order chi connectivity index (χ1) is 8.65. The van der Waals surface area contributed by atoms with E-state index in [1.54, 1.807) is 6.20 Å². The summed E-state index contributed by atoms with van der Waals surface area (Å²) in [4.78, 5) is 18.3. The van der Waals surface area contributed by atoms with Crippen LogP contribution in [-0.4, -0.2) is 45.9 Å². The molecule has 0 saturated carbocycles. The lowest BCUT2D eigenvalue weighted by Crippen LogP contribution is -2.41. The van der Waals surface area contributed by atoms with Crippen LogP contribution in [0.4, 0.5) is 0 Å². The van der Waals surface area contributed by atoms with Gasteiger partial charge in [-0.3, -0.25) is 9.69 Å². The predicted octanol–water partition coefficient (Wildman–Crippen LogP) is 0.345. The molecule has 100 valence electrons. The number of imidazole rings is 1. The van der Waals surface area contributed by atoms with E-state index in [0.717, 1.165) is 38.2 Å². The number of nitrogens with two attached hydrogens (primary N) is 1. The van der Waals surface area contributed by atoms with Crippen molar-refractivity contribution in [2.45, 2.75) is 31.7 Å². The van der Waals surface area contributed by atoms with Crippen molar-refractivity contribution in [3.8, 4) is 0 Å². The highest BCUT2D eigenvalue weighted by Gasteiger charge is 2.18. The summed E-state index contributed by atoms with van der Waals surface area (Å²) in [5.41, 5.74) is 5.84. The van der Waals surface area contributed by atoms with Crippen molar-refractivity contribution in [1.82, 2.24) is 14.5 Å². The molecule has 2 heterocycles. The van der Waals surface area contributed by atoms with Crippen LogP contribution in [-0.2, 0) is 18.3 Å². The number of hydrogen-bond donors (Lipinski definition) is 1. The number of carbonyl (C=O) groups is 1.